The summed E-state index contributed by atoms with van der Waals surface area (Å²) in [4.78, 5) is 21.8. The van der Waals surface area contributed by atoms with Crippen molar-refractivity contribution in [1.82, 2.24) is 4.98 Å². The zero-order valence-electron chi connectivity index (χ0n) is 8.92. The van der Waals surface area contributed by atoms with E-state index in [0.29, 0.717) is 17.3 Å². The molecule has 0 atom stereocenters. The monoisotopic (exact) mass is 249 g/mol. The molecule has 2 aromatic heterocycles. The van der Waals surface area contributed by atoms with Gasteiger partial charge in [0.05, 0.1) is 4.88 Å². The van der Waals surface area contributed by atoms with Crippen LogP contribution < -0.4 is 11.2 Å². The number of thiophene rings is 1. The van der Waals surface area contributed by atoms with Crippen molar-refractivity contribution in [2.45, 2.75) is 6.61 Å². The summed E-state index contributed by atoms with van der Waals surface area (Å²) >= 11 is 1.34. The minimum atomic E-state index is -0.183. The Kier molecular flexibility index (Phi) is 3.81. The molecule has 0 saturated carbocycles. The molecule has 6 heteroatoms. The Morgan fingerprint density at radius 3 is 3.00 bits per heavy atom. The van der Waals surface area contributed by atoms with Crippen molar-refractivity contribution in [1.29, 1.82) is 0 Å². The van der Waals surface area contributed by atoms with Crippen molar-refractivity contribution in [3.05, 3.63) is 46.3 Å². The number of hydrogen-bond donors (Lipinski definition) is 2. The fourth-order valence-electron chi connectivity index (χ4n) is 1.27. The van der Waals surface area contributed by atoms with Crippen molar-refractivity contribution in [2.75, 3.05) is 5.32 Å². The number of carbonyl (C=O) groups is 1. The summed E-state index contributed by atoms with van der Waals surface area (Å²) in [6.07, 6.45) is 1.62. The Bertz CT molecular complexity index is 498. The van der Waals surface area contributed by atoms with E-state index in [-0.39, 0.29) is 5.91 Å². The number of amides is 1. The number of hydrogen-bond acceptors (Lipinski definition) is 5. The van der Waals surface area contributed by atoms with Crippen molar-refractivity contribution < 1.29 is 9.63 Å². The number of anilines is 1. The van der Waals surface area contributed by atoms with Gasteiger partial charge < -0.3 is 5.32 Å². The Balaban J connectivity index is 2.04. The van der Waals surface area contributed by atoms with Crippen LogP contribution in [0.1, 0.15) is 14.5 Å². The Morgan fingerprint density at radius 1 is 1.41 bits per heavy atom. The van der Waals surface area contributed by atoms with Crippen molar-refractivity contribution in [3.63, 3.8) is 0 Å². The van der Waals surface area contributed by atoms with Gasteiger partial charge >= 0.3 is 0 Å². The highest BCUT2D eigenvalue weighted by Crippen LogP contribution is 2.18. The second kappa shape index (κ2) is 5.53. The Morgan fingerprint density at radius 2 is 2.29 bits per heavy atom. The lowest BCUT2D eigenvalue weighted by Gasteiger charge is -2.01. The molecule has 0 radical (unpaired) electrons. The molecule has 0 bridgehead atoms. The first kappa shape index (κ1) is 11.7. The third-order valence-corrected chi connectivity index (χ3v) is 3.08. The van der Waals surface area contributed by atoms with Gasteiger partial charge in [-0.1, -0.05) is 6.07 Å². The van der Waals surface area contributed by atoms with Crippen molar-refractivity contribution in [3.8, 4) is 0 Å². The van der Waals surface area contributed by atoms with Crippen LogP contribution in [0.15, 0.2) is 36.5 Å². The van der Waals surface area contributed by atoms with Gasteiger partial charge in [0.25, 0.3) is 5.91 Å². The molecule has 0 spiro atoms. The van der Waals surface area contributed by atoms with E-state index in [9.17, 15) is 4.79 Å². The number of pyridine rings is 1. The summed E-state index contributed by atoms with van der Waals surface area (Å²) in [7, 11) is 0. The fourth-order valence-corrected chi connectivity index (χ4v) is 2.10. The maximum Gasteiger partial charge on any atom is 0.266 e. The van der Waals surface area contributed by atoms with E-state index >= 15 is 0 Å². The average Bonchev–Trinajstić information content (AvgIpc) is 2.79. The van der Waals surface area contributed by atoms with Crippen LogP contribution in [0.3, 0.4) is 0 Å². The molecule has 0 fully saturated rings. The normalized spacial score (nSPS) is 10.2. The molecule has 2 heterocycles. The minimum absolute atomic E-state index is 0.183. The lowest BCUT2D eigenvalue weighted by Crippen LogP contribution is -2.10. The summed E-state index contributed by atoms with van der Waals surface area (Å²) in [5.41, 5.74) is 0. The molecule has 2 rings (SSSR count). The maximum atomic E-state index is 11.8. The van der Waals surface area contributed by atoms with Gasteiger partial charge in [0.1, 0.15) is 12.4 Å². The van der Waals surface area contributed by atoms with Gasteiger partial charge in [-0.05, 0) is 24.3 Å². The highest BCUT2D eigenvalue weighted by Gasteiger charge is 2.09. The van der Waals surface area contributed by atoms with E-state index in [4.69, 9.17) is 5.90 Å². The molecular weight excluding hydrogens is 238 g/mol. The van der Waals surface area contributed by atoms with Gasteiger partial charge in [-0.25, -0.2) is 10.9 Å². The number of aromatic nitrogens is 1. The molecular formula is C11H11N3O2S. The maximum absolute atomic E-state index is 11.8. The van der Waals surface area contributed by atoms with E-state index in [1.165, 1.54) is 11.3 Å². The number of carbonyl (C=O) groups excluding carboxylic acids is 1. The number of nitrogens with two attached hydrogens (primary N) is 1. The molecule has 0 aliphatic carbocycles. The lowest BCUT2D eigenvalue weighted by molar-refractivity contribution is 0.103. The zero-order chi connectivity index (χ0) is 12.1. The molecule has 3 N–H and O–H groups in total. The van der Waals surface area contributed by atoms with Crippen LogP contribution in [0, 0.1) is 0 Å². The van der Waals surface area contributed by atoms with E-state index in [1.54, 1.807) is 24.4 Å². The van der Waals surface area contributed by atoms with E-state index < -0.39 is 0 Å². The molecule has 0 aliphatic heterocycles. The Hall–Kier alpha value is -1.76. The first-order chi connectivity index (χ1) is 8.29. The quantitative estimate of drug-likeness (QED) is 0.810. The summed E-state index contributed by atoms with van der Waals surface area (Å²) in [5.74, 6) is 5.31. The van der Waals surface area contributed by atoms with Gasteiger partial charge in [-0.15, -0.1) is 11.3 Å². The molecule has 0 aliphatic rings. The minimum Gasteiger partial charge on any atom is -0.306 e. The summed E-state index contributed by atoms with van der Waals surface area (Å²) in [6, 6.07) is 8.87. The molecule has 5 nitrogen and oxygen atoms in total. The van der Waals surface area contributed by atoms with Crippen LogP contribution in [0.5, 0.6) is 0 Å². The molecule has 1 amide bonds. The van der Waals surface area contributed by atoms with Crippen LogP contribution in [0.2, 0.25) is 0 Å². The molecule has 2 aromatic rings. The lowest BCUT2D eigenvalue weighted by atomic mass is 10.4. The summed E-state index contributed by atoms with van der Waals surface area (Å²) < 4.78 is 0. The summed E-state index contributed by atoms with van der Waals surface area (Å²) in [5, 5.41) is 2.70. The smallest absolute Gasteiger partial charge is 0.266 e. The first-order valence-corrected chi connectivity index (χ1v) is 5.74. The number of nitrogens with one attached hydrogen (secondary N) is 1. The number of nitrogens with zero attached hydrogens (tertiary/aromatic N) is 1. The van der Waals surface area contributed by atoms with Gasteiger partial charge in [-0.3, -0.25) is 9.63 Å². The predicted octanol–water partition coefficient (Wildman–Crippen LogP) is 1.79. The highest BCUT2D eigenvalue weighted by molar-refractivity contribution is 7.14. The fraction of sp³-hybridized carbons (Fsp3) is 0.0909. The SMILES string of the molecule is NOCc1ccc(C(=O)Nc2ccccn2)s1. The predicted molar refractivity (Wildman–Crippen MR) is 65.5 cm³/mol. The van der Waals surface area contributed by atoms with Gasteiger partial charge in [0, 0.05) is 11.1 Å². The van der Waals surface area contributed by atoms with Crippen LogP contribution in [0.25, 0.3) is 0 Å². The van der Waals surface area contributed by atoms with E-state index in [0.717, 1.165) is 4.88 Å². The largest absolute Gasteiger partial charge is 0.306 e. The highest BCUT2D eigenvalue weighted by atomic mass is 32.1. The van der Waals surface area contributed by atoms with Crippen molar-refractivity contribution in [2.24, 2.45) is 5.90 Å². The topological polar surface area (TPSA) is 77.2 Å². The first-order valence-electron chi connectivity index (χ1n) is 4.92. The van der Waals surface area contributed by atoms with Crippen LogP contribution in [0.4, 0.5) is 5.82 Å². The number of rotatable bonds is 4. The second-order valence-corrected chi connectivity index (χ2v) is 4.41. The second-order valence-electron chi connectivity index (χ2n) is 3.25. The van der Waals surface area contributed by atoms with Crippen LogP contribution in [-0.4, -0.2) is 10.9 Å². The zero-order valence-corrected chi connectivity index (χ0v) is 9.74. The van der Waals surface area contributed by atoms with Gasteiger partial charge in [0.2, 0.25) is 0 Å². The third kappa shape index (κ3) is 3.10. The molecule has 0 unspecified atom stereocenters. The third-order valence-electron chi connectivity index (χ3n) is 2.02. The average molecular weight is 249 g/mol. The summed E-state index contributed by atoms with van der Waals surface area (Å²) in [6.45, 7) is 0.307. The van der Waals surface area contributed by atoms with Crippen LogP contribution in [-0.2, 0) is 11.4 Å². The molecule has 0 saturated heterocycles. The molecule has 88 valence electrons. The van der Waals surface area contributed by atoms with Crippen LogP contribution >= 0.6 is 11.3 Å². The van der Waals surface area contributed by atoms with E-state index in [2.05, 4.69) is 15.1 Å². The molecule has 17 heavy (non-hydrogen) atoms. The van der Waals surface area contributed by atoms with Gasteiger partial charge in [-0.2, -0.15) is 0 Å². The Labute approximate surface area is 102 Å². The standard InChI is InChI=1S/C11H11N3O2S/c12-16-7-8-4-5-9(17-8)11(15)14-10-3-1-2-6-13-10/h1-6H,7,12H2,(H,13,14,15). The van der Waals surface area contributed by atoms with E-state index in [1.807, 2.05) is 12.1 Å². The van der Waals surface area contributed by atoms with Gasteiger partial charge in [0.15, 0.2) is 0 Å². The molecule has 0 aromatic carbocycles. The van der Waals surface area contributed by atoms with Crippen molar-refractivity contribution >= 4 is 23.1 Å².